The van der Waals surface area contributed by atoms with Gasteiger partial charge in [-0.05, 0) is 0 Å². The van der Waals surface area contributed by atoms with Crippen LogP contribution in [0.1, 0.15) is 12.7 Å². The Labute approximate surface area is 60.9 Å². The minimum Gasteiger partial charge on any atom is -0.323 e. The summed E-state index contributed by atoms with van der Waals surface area (Å²) in [5.74, 6) is 3.62. The van der Waals surface area contributed by atoms with Crippen LogP contribution in [-0.2, 0) is 13.0 Å². The second-order valence-electron chi connectivity index (χ2n) is 2.03. The molecule has 0 saturated heterocycles. The van der Waals surface area contributed by atoms with Crippen LogP contribution >= 0.6 is 0 Å². The number of nitrogens with zero attached hydrogens (tertiary/aromatic N) is 2. The van der Waals surface area contributed by atoms with Crippen LogP contribution in [0.3, 0.4) is 0 Å². The van der Waals surface area contributed by atoms with Crippen molar-refractivity contribution < 1.29 is 0 Å². The summed E-state index contributed by atoms with van der Waals surface area (Å²) >= 11 is 0. The highest BCUT2D eigenvalue weighted by molar-refractivity contribution is 4.96. The van der Waals surface area contributed by atoms with Gasteiger partial charge in [-0.25, -0.2) is 4.98 Å². The fourth-order valence-corrected chi connectivity index (χ4v) is 0.897. The second-order valence-corrected chi connectivity index (χ2v) is 2.03. The van der Waals surface area contributed by atoms with Crippen molar-refractivity contribution in [2.24, 2.45) is 0 Å². The summed E-state index contributed by atoms with van der Waals surface area (Å²) in [4.78, 5) is 4.12. The Hall–Kier alpha value is -1.23. The van der Waals surface area contributed by atoms with E-state index in [1.165, 1.54) is 0 Å². The SMILES string of the molecule is C#CCn1ccnc1CC. The van der Waals surface area contributed by atoms with Gasteiger partial charge in [0.2, 0.25) is 0 Å². The van der Waals surface area contributed by atoms with Crippen LogP contribution in [0.15, 0.2) is 12.4 Å². The highest BCUT2D eigenvalue weighted by Gasteiger charge is 1.95. The molecule has 1 rings (SSSR count). The Morgan fingerprint density at radius 1 is 1.80 bits per heavy atom. The molecule has 2 nitrogen and oxygen atoms in total. The smallest absolute Gasteiger partial charge is 0.109 e. The molecule has 0 aliphatic heterocycles. The van der Waals surface area contributed by atoms with Crippen LogP contribution in [0.25, 0.3) is 0 Å². The molecule has 0 radical (unpaired) electrons. The molecular formula is C8H10N2. The Balaban J connectivity index is 2.82. The van der Waals surface area contributed by atoms with Crippen molar-refractivity contribution in [3.63, 3.8) is 0 Å². The van der Waals surface area contributed by atoms with E-state index < -0.39 is 0 Å². The summed E-state index contributed by atoms with van der Waals surface area (Å²) in [6, 6.07) is 0. The van der Waals surface area contributed by atoms with E-state index in [1.807, 2.05) is 10.8 Å². The largest absolute Gasteiger partial charge is 0.323 e. The molecule has 0 bridgehead atoms. The molecule has 1 aromatic heterocycles. The third kappa shape index (κ3) is 1.19. The number of hydrogen-bond acceptors (Lipinski definition) is 1. The molecule has 2 heteroatoms. The fourth-order valence-electron chi connectivity index (χ4n) is 0.897. The van der Waals surface area contributed by atoms with Gasteiger partial charge in [0.15, 0.2) is 0 Å². The van der Waals surface area contributed by atoms with E-state index in [0.29, 0.717) is 6.54 Å². The summed E-state index contributed by atoms with van der Waals surface area (Å²) in [5, 5.41) is 0. The van der Waals surface area contributed by atoms with Gasteiger partial charge in [0.05, 0.1) is 6.54 Å². The maximum Gasteiger partial charge on any atom is 0.109 e. The first-order valence-corrected chi connectivity index (χ1v) is 3.32. The molecule has 0 amide bonds. The fraction of sp³-hybridized carbons (Fsp3) is 0.375. The van der Waals surface area contributed by atoms with Crippen molar-refractivity contribution in [3.05, 3.63) is 18.2 Å². The van der Waals surface area contributed by atoms with Gasteiger partial charge < -0.3 is 4.57 Å². The van der Waals surface area contributed by atoms with Crippen LogP contribution < -0.4 is 0 Å². The Morgan fingerprint density at radius 3 is 3.20 bits per heavy atom. The van der Waals surface area contributed by atoms with Crippen LogP contribution in [0.2, 0.25) is 0 Å². The third-order valence-electron chi connectivity index (χ3n) is 1.38. The standard InChI is InChI=1S/C8H10N2/c1-3-6-10-7-5-9-8(10)4-2/h1,5,7H,4,6H2,2H3. The lowest BCUT2D eigenvalue weighted by Crippen LogP contribution is -1.99. The first kappa shape index (κ1) is 6.88. The Bertz CT molecular complexity index is 242. The normalized spacial score (nSPS) is 9.20. The molecule has 0 atom stereocenters. The molecule has 0 saturated carbocycles. The molecule has 0 spiro atoms. The van der Waals surface area contributed by atoms with Crippen molar-refractivity contribution in [1.82, 2.24) is 9.55 Å². The number of terminal acetylenes is 1. The maximum absolute atomic E-state index is 5.14. The molecule has 0 N–H and O–H groups in total. The molecular weight excluding hydrogens is 124 g/mol. The lowest BCUT2D eigenvalue weighted by Gasteiger charge is -1.98. The second kappa shape index (κ2) is 3.07. The van der Waals surface area contributed by atoms with Gasteiger partial charge in [-0.3, -0.25) is 0 Å². The zero-order chi connectivity index (χ0) is 7.40. The van der Waals surface area contributed by atoms with Gasteiger partial charge in [-0.1, -0.05) is 12.8 Å². The van der Waals surface area contributed by atoms with Crippen LogP contribution in [-0.4, -0.2) is 9.55 Å². The zero-order valence-electron chi connectivity index (χ0n) is 6.04. The van der Waals surface area contributed by atoms with Gasteiger partial charge in [-0.15, -0.1) is 6.42 Å². The molecule has 1 heterocycles. The lowest BCUT2D eigenvalue weighted by atomic mass is 10.4. The summed E-state index contributed by atoms with van der Waals surface area (Å²) in [7, 11) is 0. The minimum absolute atomic E-state index is 0.628. The zero-order valence-corrected chi connectivity index (χ0v) is 6.04. The highest BCUT2D eigenvalue weighted by Crippen LogP contribution is 1.96. The predicted molar refractivity (Wildman–Crippen MR) is 40.4 cm³/mol. The molecule has 10 heavy (non-hydrogen) atoms. The van der Waals surface area contributed by atoms with Crippen molar-refractivity contribution in [1.29, 1.82) is 0 Å². The van der Waals surface area contributed by atoms with Crippen LogP contribution in [0, 0.1) is 12.3 Å². The number of rotatable bonds is 2. The lowest BCUT2D eigenvalue weighted by molar-refractivity contribution is 0.761. The molecule has 0 fully saturated rings. The summed E-state index contributed by atoms with van der Waals surface area (Å²) in [6.07, 6.45) is 9.76. The maximum atomic E-state index is 5.14. The minimum atomic E-state index is 0.628. The Morgan fingerprint density at radius 2 is 2.60 bits per heavy atom. The number of aromatic nitrogens is 2. The van der Waals surface area contributed by atoms with Crippen molar-refractivity contribution >= 4 is 0 Å². The monoisotopic (exact) mass is 134 g/mol. The van der Waals surface area contributed by atoms with Gasteiger partial charge in [0.1, 0.15) is 5.82 Å². The quantitative estimate of drug-likeness (QED) is 0.553. The molecule has 0 aromatic carbocycles. The van der Waals surface area contributed by atoms with E-state index in [-0.39, 0.29) is 0 Å². The van der Waals surface area contributed by atoms with Gasteiger partial charge >= 0.3 is 0 Å². The number of hydrogen-bond donors (Lipinski definition) is 0. The molecule has 52 valence electrons. The van der Waals surface area contributed by atoms with E-state index in [1.54, 1.807) is 6.20 Å². The molecule has 1 aromatic rings. The average molecular weight is 134 g/mol. The molecule has 0 aliphatic rings. The summed E-state index contributed by atoms with van der Waals surface area (Å²) < 4.78 is 1.97. The van der Waals surface area contributed by atoms with E-state index >= 15 is 0 Å². The van der Waals surface area contributed by atoms with Crippen molar-refractivity contribution in [3.8, 4) is 12.3 Å². The van der Waals surface area contributed by atoms with Gasteiger partial charge in [0, 0.05) is 18.8 Å². The van der Waals surface area contributed by atoms with Crippen molar-refractivity contribution in [2.45, 2.75) is 19.9 Å². The Kier molecular flexibility index (Phi) is 2.11. The van der Waals surface area contributed by atoms with E-state index in [2.05, 4.69) is 17.8 Å². The van der Waals surface area contributed by atoms with Crippen LogP contribution in [0.4, 0.5) is 0 Å². The first-order valence-electron chi connectivity index (χ1n) is 3.32. The third-order valence-corrected chi connectivity index (χ3v) is 1.38. The van der Waals surface area contributed by atoms with Crippen LogP contribution in [0.5, 0.6) is 0 Å². The van der Waals surface area contributed by atoms with E-state index in [0.717, 1.165) is 12.2 Å². The van der Waals surface area contributed by atoms with Crippen molar-refractivity contribution in [2.75, 3.05) is 0 Å². The predicted octanol–water partition coefficient (Wildman–Crippen LogP) is 1.08. The van der Waals surface area contributed by atoms with Gasteiger partial charge in [-0.2, -0.15) is 0 Å². The van der Waals surface area contributed by atoms with Gasteiger partial charge in [0.25, 0.3) is 0 Å². The molecule has 0 unspecified atom stereocenters. The topological polar surface area (TPSA) is 17.8 Å². The summed E-state index contributed by atoms with van der Waals surface area (Å²) in [5.41, 5.74) is 0. The molecule has 0 aliphatic carbocycles. The van der Waals surface area contributed by atoms with E-state index in [9.17, 15) is 0 Å². The number of imidazole rings is 1. The number of aryl methyl sites for hydroxylation is 1. The van der Waals surface area contributed by atoms with E-state index in [4.69, 9.17) is 6.42 Å². The first-order chi connectivity index (χ1) is 4.88. The average Bonchev–Trinajstić information content (AvgIpc) is 2.36. The summed E-state index contributed by atoms with van der Waals surface area (Å²) in [6.45, 7) is 2.69. The highest BCUT2D eigenvalue weighted by atomic mass is 15.0.